The molecule has 0 amide bonds. The van der Waals surface area contributed by atoms with Crippen LogP contribution >= 0.6 is 0 Å². The number of benzene rings is 1. The maximum absolute atomic E-state index is 9.19. The first-order valence-electron chi connectivity index (χ1n) is 6.48. The van der Waals surface area contributed by atoms with Crippen molar-refractivity contribution in [2.45, 2.75) is 13.5 Å². The summed E-state index contributed by atoms with van der Waals surface area (Å²) in [6, 6.07) is 13.3. The molecule has 1 aromatic carbocycles. The molecular weight excluding hydrogens is 268 g/mol. The van der Waals surface area contributed by atoms with E-state index < -0.39 is 0 Å². The zero-order valence-electron chi connectivity index (χ0n) is 11.5. The Kier molecular flexibility index (Phi) is 3.61. The zero-order chi connectivity index (χ0) is 14.7. The van der Waals surface area contributed by atoms with Crippen LogP contribution in [0.4, 0.5) is 0 Å². The second kappa shape index (κ2) is 5.72. The van der Waals surface area contributed by atoms with E-state index in [1.54, 1.807) is 23.1 Å². The van der Waals surface area contributed by atoms with Gasteiger partial charge in [-0.15, -0.1) is 5.10 Å². The van der Waals surface area contributed by atoms with Crippen LogP contribution in [0, 0.1) is 6.92 Å². The van der Waals surface area contributed by atoms with Crippen LogP contribution in [0.25, 0.3) is 5.69 Å². The minimum atomic E-state index is -0.0639. The second-order valence-electron chi connectivity index (χ2n) is 4.52. The smallest absolute Gasteiger partial charge is 0.342 e. The van der Waals surface area contributed by atoms with Crippen molar-refractivity contribution in [2.75, 3.05) is 0 Å². The van der Waals surface area contributed by atoms with Crippen molar-refractivity contribution >= 4 is 0 Å². The van der Waals surface area contributed by atoms with Gasteiger partial charge in [0, 0.05) is 11.8 Å². The van der Waals surface area contributed by atoms with Gasteiger partial charge in [-0.1, -0.05) is 18.2 Å². The third kappa shape index (κ3) is 3.06. The molecule has 2 aromatic heterocycles. The lowest BCUT2D eigenvalue weighted by molar-refractivity contribution is 0.280. The number of hydrogen-bond donors (Lipinski definition) is 1. The van der Waals surface area contributed by atoms with Crippen LogP contribution in [-0.2, 0) is 6.61 Å². The first-order valence-corrected chi connectivity index (χ1v) is 6.48. The summed E-state index contributed by atoms with van der Waals surface area (Å²) in [5, 5.41) is 13.4. The van der Waals surface area contributed by atoms with Crippen LogP contribution < -0.4 is 4.74 Å². The number of hydrogen-bond acceptors (Lipinski definition) is 5. The van der Waals surface area contributed by atoms with Gasteiger partial charge in [-0.25, -0.2) is 9.67 Å². The quantitative estimate of drug-likeness (QED) is 0.794. The molecule has 2 heterocycles. The fourth-order valence-electron chi connectivity index (χ4n) is 1.94. The lowest BCUT2D eigenvalue weighted by Gasteiger charge is -2.04. The number of ether oxygens (including phenoxy) is 1. The van der Waals surface area contributed by atoms with Crippen molar-refractivity contribution in [3.8, 4) is 17.6 Å². The van der Waals surface area contributed by atoms with Gasteiger partial charge in [-0.05, 0) is 30.7 Å². The molecule has 0 saturated carbocycles. The van der Waals surface area contributed by atoms with E-state index in [9.17, 15) is 5.11 Å². The van der Waals surface area contributed by atoms with Crippen molar-refractivity contribution in [1.29, 1.82) is 0 Å². The monoisotopic (exact) mass is 282 g/mol. The standard InChI is InChI=1S/C15H14N4O2/c1-11-7-12(9-20)8-14(17-11)21-15-16-10-19(18-15)13-5-3-2-4-6-13/h2-8,10,20H,9H2,1H3. The Morgan fingerprint density at radius 3 is 2.76 bits per heavy atom. The highest BCUT2D eigenvalue weighted by Gasteiger charge is 2.07. The molecule has 0 radical (unpaired) electrons. The van der Waals surface area contributed by atoms with Crippen LogP contribution in [0.3, 0.4) is 0 Å². The summed E-state index contributed by atoms with van der Waals surface area (Å²) in [6.07, 6.45) is 1.58. The van der Waals surface area contributed by atoms with E-state index in [1.807, 2.05) is 37.3 Å². The number of aryl methyl sites for hydroxylation is 1. The van der Waals surface area contributed by atoms with Gasteiger partial charge in [0.25, 0.3) is 0 Å². The average molecular weight is 282 g/mol. The van der Waals surface area contributed by atoms with E-state index in [4.69, 9.17) is 4.74 Å². The molecule has 21 heavy (non-hydrogen) atoms. The highest BCUT2D eigenvalue weighted by Crippen LogP contribution is 2.18. The summed E-state index contributed by atoms with van der Waals surface area (Å²) in [7, 11) is 0. The normalized spacial score (nSPS) is 10.6. The number of para-hydroxylation sites is 1. The summed E-state index contributed by atoms with van der Waals surface area (Å²) in [5.74, 6) is 0.366. The van der Waals surface area contributed by atoms with Crippen LogP contribution in [0.5, 0.6) is 11.9 Å². The van der Waals surface area contributed by atoms with Gasteiger partial charge >= 0.3 is 6.01 Å². The molecule has 0 bridgehead atoms. The molecule has 3 rings (SSSR count). The lowest BCUT2D eigenvalue weighted by atomic mass is 10.2. The number of aliphatic hydroxyl groups is 1. The highest BCUT2D eigenvalue weighted by molar-refractivity contribution is 5.30. The molecule has 0 aliphatic heterocycles. The van der Waals surface area contributed by atoms with Gasteiger partial charge in [0.15, 0.2) is 0 Å². The van der Waals surface area contributed by atoms with Gasteiger partial charge in [0.05, 0.1) is 12.3 Å². The Bertz CT molecular complexity index is 740. The molecule has 1 N–H and O–H groups in total. The van der Waals surface area contributed by atoms with E-state index in [1.165, 1.54) is 0 Å². The maximum atomic E-state index is 9.19. The van der Waals surface area contributed by atoms with Crippen molar-refractivity contribution in [1.82, 2.24) is 19.7 Å². The molecule has 6 heteroatoms. The van der Waals surface area contributed by atoms with Crippen molar-refractivity contribution in [3.05, 3.63) is 60.0 Å². The van der Waals surface area contributed by atoms with Crippen molar-refractivity contribution in [2.24, 2.45) is 0 Å². The Balaban J connectivity index is 1.83. The van der Waals surface area contributed by atoms with E-state index in [0.717, 1.165) is 16.9 Å². The lowest BCUT2D eigenvalue weighted by Crippen LogP contribution is -1.97. The van der Waals surface area contributed by atoms with Crippen LogP contribution in [0.15, 0.2) is 48.8 Å². The summed E-state index contributed by atoms with van der Waals surface area (Å²) < 4.78 is 7.16. The van der Waals surface area contributed by atoms with Gasteiger partial charge in [0.2, 0.25) is 5.88 Å². The number of aliphatic hydroxyl groups excluding tert-OH is 1. The molecule has 0 atom stereocenters. The number of pyridine rings is 1. The van der Waals surface area contributed by atoms with Crippen LogP contribution in [-0.4, -0.2) is 24.9 Å². The van der Waals surface area contributed by atoms with Crippen LogP contribution in [0.2, 0.25) is 0 Å². The summed E-state index contributed by atoms with van der Waals surface area (Å²) in [5.41, 5.74) is 2.40. The molecule has 6 nitrogen and oxygen atoms in total. The Hall–Kier alpha value is -2.73. The van der Waals surface area contributed by atoms with Gasteiger partial charge in [0.1, 0.15) is 6.33 Å². The number of aromatic nitrogens is 4. The molecule has 0 aliphatic carbocycles. The van der Waals surface area contributed by atoms with Gasteiger partial charge in [-0.2, -0.15) is 4.98 Å². The zero-order valence-corrected chi connectivity index (χ0v) is 11.5. The predicted octanol–water partition coefficient (Wildman–Crippen LogP) is 2.26. The fraction of sp³-hybridized carbons (Fsp3) is 0.133. The minimum Gasteiger partial charge on any atom is -0.404 e. The van der Waals surface area contributed by atoms with E-state index in [-0.39, 0.29) is 12.6 Å². The number of nitrogens with zero attached hydrogens (tertiary/aromatic N) is 4. The minimum absolute atomic E-state index is 0.0639. The van der Waals surface area contributed by atoms with Gasteiger partial charge < -0.3 is 9.84 Å². The van der Waals surface area contributed by atoms with E-state index in [0.29, 0.717) is 5.88 Å². The topological polar surface area (TPSA) is 73.1 Å². The van der Waals surface area contributed by atoms with Gasteiger partial charge in [-0.3, -0.25) is 0 Å². The molecule has 0 spiro atoms. The Labute approximate surface area is 121 Å². The van der Waals surface area contributed by atoms with E-state index in [2.05, 4.69) is 15.1 Å². The molecule has 106 valence electrons. The molecule has 0 aliphatic rings. The fourth-order valence-corrected chi connectivity index (χ4v) is 1.94. The Morgan fingerprint density at radius 1 is 1.19 bits per heavy atom. The first-order chi connectivity index (χ1) is 10.2. The maximum Gasteiger partial charge on any atom is 0.342 e. The van der Waals surface area contributed by atoms with Crippen molar-refractivity contribution < 1.29 is 9.84 Å². The average Bonchev–Trinajstić information content (AvgIpc) is 2.96. The summed E-state index contributed by atoms with van der Waals surface area (Å²) in [6.45, 7) is 1.77. The largest absolute Gasteiger partial charge is 0.404 e. The SMILES string of the molecule is Cc1cc(CO)cc(Oc2ncn(-c3ccccc3)n2)n1. The third-order valence-electron chi connectivity index (χ3n) is 2.86. The number of rotatable bonds is 4. The third-order valence-corrected chi connectivity index (χ3v) is 2.86. The first kappa shape index (κ1) is 13.3. The summed E-state index contributed by atoms with van der Waals surface area (Å²) >= 11 is 0. The van der Waals surface area contributed by atoms with E-state index >= 15 is 0 Å². The Morgan fingerprint density at radius 2 is 2.00 bits per heavy atom. The van der Waals surface area contributed by atoms with Crippen molar-refractivity contribution in [3.63, 3.8) is 0 Å². The molecule has 0 fully saturated rings. The second-order valence-corrected chi connectivity index (χ2v) is 4.52. The molecular formula is C15H14N4O2. The molecule has 0 unspecified atom stereocenters. The predicted molar refractivity (Wildman–Crippen MR) is 76.3 cm³/mol. The highest BCUT2D eigenvalue weighted by atomic mass is 16.5. The van der Waals surface area contributed by atoms with Crippen LogP contribution in [0.1, 0.15) is 11.3 Å². The summed E-state index contributed by atoms with van der Waals surface area (Å²) in [4.78, 5) is 8.34. The molecule has 3 aromatic rings. The molecule has 0 saturated heterocycles.